The van der Waals surface area contributed by atoms with E-state index in [1.165, 1.54) is 22.2 Å². The van der Waals surface area contributed by atoms with Crippen LogP contribution in [0.4, 0.5) is 5.13 Å². The molecule has 19 heavy (non-hydrogen) atoms. The van der Waals surface area contributed by atoms with E-state index in [4.69, 9.17) is 5.11 Å². The second-order valence-corrected chi connectivity index (χ2v) is 5.19. The summed E-state index contributed by atoms with van der Waals surface area (Å²) in [4.78, 5) is 28.2. The molecule has 2 aromatic rings. The number of nitrogens with one attached hydrogen (secondary N) is 1. The van der Waals surface area contributed by atoms with Crippen LogP contribution >= 0.6 is 11.3 Å². The summed E-state index contributed by atoms with van der Waals surface area (Å²) in [6.07, 6.45) is 1.37. The topological polar surface area (TPSA) is 97.1 Å². The molecule has 2 rings (SSSR count). The van der Waals surface area contributed by atoms with Crippen LogP contribution in [0.2, 0.25) is 0 Å². The van der Waals surface area contributed by atoms with Crippen molar-refractivity contribution in [1.29, 1.82) is 0 Å². The van der Waals surface area contributed by atoms with E-state index in [2.05, 4.69) is 15.4 Å². The van der Waals surface area contributed by atoms with Gasteiger partial charge in [0.1, 0.15) is 0 Å². The van der Waals surface area contributed by atoms with Gasteiger partial charge in [0.25, 0.3) is 5.91 Å². The van der Waals surface area contributed by atoms with Gasteiger partial charge in [0.2, 0.25) is 0 Å². The second-order valence-electron chi connectivity index (χ2n) is 3.98. The quantitative estimate of drug-likeness (QED) is 0.886. The van der Waals surface area contributed by atoms with Gasteiger partial charge in [-0.25, -0.2) is 9.78 Å². The number of aryl methyl sites for hydroxylation is 3. The van der Waals surface area contributed by atoms with E-state index in [9.17, 15) is 9.59 Å². The first-order chi connectivity index (χ1) is 8.88. The van der Waals surface area contributed by atoms with Crippen LogP contribution in [-0.2, 0) is 7.05 Å². The van der Waals surface area contributed by atoms with Crippen molar-refractivity contribution < 1.29 is 14.7 Å². The number of hydrogen-bond donors (Lipinski definition) is 2. The summed E-state index contributed by atoms with van der Waals surface area (Å²) >= 11 is 1.34. The van der Waals surface area contributed by atoms with Crippen LogP contribution in [0.1, 0.15) is 31.4 Å². The summed E-state index contributed by atoms with van der Waals surface area (Å²) < 4.78 is 1.29. The third-order valence-corrected chi connectivity index (χ3v) is 3.51. The predicted octanol–water partition coefficient (Wildman–Crippen LogP) is 1.44. The molecule has 100 valence electrons. The Labute approximate surface area is 112 Å². The molecule has 0 saturated carbocycles. The predicted molar refractivity (Wildman–Crippen MR) is 69.7 cm³/mol. The SMILES string of the molecule is Cc1nc(NC(=O)c2cn(C)nc2C(=O)O)sc1C. The molecule has 0 aliphatic rings. The zero-order valence-corrected chi connectivity index (χ0v) is 11.4. The van der Waals surface area contributed by atoms with Crippen molar-refractivity contribution in [3.63, 3.8) is 0 Å². The number of nitrogens with zero attached hydrogens (tertiary/aromatic N) is 3. The summed E-state index contributed by atoms with van der Waals surface area (Å²) in [6.45, 7) is 3.74. The van der Waals surface area contributed by atoms with Crippen molar-refractivity contribution in [3.05, 3.63) is 28.0 Å². The Kier molecular flexibility index (Phi) is 3.34. The van der Waals surface area contributed by atoms with Crippen LogP contribution in [-0.4, -0.2) is 31.7 Å². The van der Waals surface area contributed by atoms with Crippen molar-refractivity contribution in [2.45, 2.75) is 13.8 Å². The first-order valence-electron chi connectivity index (χ1n) is 5.41. The largest absolute Gasteiger partial charge is 0.476 e. The van der Waals surface area contributed by atoms with Gasteiger partial charge in [0.05, 0.1) is 11.3 Å². The van der Waals surface area contributed by atoms with Crippen LogP contribution < -0.4 is 5.32 Å². The Morgan fingerprint density at radius 1 is 1.42 bits per heavy atom. The lowest BCUT2D eigenvalue weighted by molar-refractivity contribution is 0.0685. The maximum Gasteiger partial charge on any atom is 0.357 e. The number of thiazole rings is 1. The number of aromatic carboxylic acids is 1. The molecular formula is C11H12N4O3S. The number of aromatic nitrogens is 3. The molecule has 7 nitrogen and oxygen atoms in total. The second kappa shape index (κ2) is 4.81. The Bertz CT molecular complexity index is 639. The van der Waals surface area contributed by atoms with Crippen LogP contribution in [0.3, 0.4) is 0 Å². The Balaban J connectivity index is 2.27. The highest BCUT2D eigenvalue weighted by atomic mass is 32.1. The molecule has 1 amide bonds. The zero-order chi connectivity index (χ0) is 14.2. The minimum atomic E-state index is -1.24. The fourth-order valence-electron chi connectivity index (χ4n) is 1.50. The normalized spacial score (nSPS) is 10.5. The standard InChI is InChI=1S/C11H12N4O3S/c1-5-6(2)19-11(12-5)13-9(16)7-4-15(3)14-8(7)10(17)18/h4H,1-3H3,(H,17,18)(H,12,13,16). The summed E-state index contributed by atoms with van der Waals surface area (Å²) in [5.41, 5.74) is 0.579. The van der Waals surface area contributed by atoms with E-state index >= 15 is 0 Å². The lowest BCUT2D eigenvalue weighted by atomic mass is 10.2. The van der Waals surface area contributed by atoms with Gasteiger partial charge < -0.3 is 5.11 Å². The molecule has 2 aromatic heterocycles. The zero-order valence-electron chi connectivity index (χ0n) is 10.6. The minimum absolute atomic E-state index is 0.0144. The summed E-state index contributed by atoms with van der Waals surface area (Å²) in [5, 5.41) is 15.7. The van der Waals surface area contributed by atoms with Gasteiger partial charge in [-0.1, -0.05) is 0 Å². The first-order valence-corrected chi connectivity index (χ1v) is 6.22. The fourth-order valence-corrected chi connectivity index (χ4v) is 2.31. The number of carbonyl (C=O) groups excluding carboxylic acids is 1. The number of amides is 1. The number of carboxylic acids is 1. The first kappa shape index (κ1) is 13.2. The number of hydrogen-bond acceptors (Lipinski definition) is 5. The molecular weight excluding hydrogens is 268 g/mol. The molecule has 2 heterocycles. The van der Waals surface area contributed by atoms with Crippen molar-refractivity contribution in [2.24, 2.45) is 7.05 Å². The Morgan fingerprint density at radius 3 is 2.63 bits per heavy atom. The van der Waals surface area contributed by atoms with E-state index in [1.54, 1.807) is 7.05 Å². The summed E-state index contributed by atoms with van der Waals surface area (Å²) in [5.74, 6) is -1.77. The molecule has 0 saturated heterocycles. The van der Waals surface area contributed by atoms with Crippen molar-refractivity contribution in [1.82, 2.24) is 14.8 Å². The molecule has 0 aliphatic carbocycles. The highest BCUT2D eigenvalue weighted by Gasteiger charge is 2.21. The Morgan fingerprint density at radius 2 is 2.11 bits per heavy atom. The van der Waals surface area contributed by atoms with E-state index in [0.29, 0.717) is 5.13 Å². The van der Waals surface area contributed by atoms with Gasteiger partial charge in [0.15, 0.2) is 10.8 Å². The number of carboxylic acid groups (broad SMARTS) is 1. The minimum Gasteiger partial charge on any atom is -0.476 e. The molecule has 0 spiro atoms. The van der Waals surface area contributed by atoms with Gasteiger partial charge in [-0.05, 0) is 13.8 Å². The molecule has 0 aliphatic heterocycles. The fraction of sp³-hybridized carbons (Fsp3) is 0.273. The van der Waals surface area contributed by atoms with E-state index in [-0.39, 0.29) is 11.3 Å². The molecule has 8 heteroatoms. The average Bonchev–Trinajstić information content (AvgIpc) is 2.83. The average molecular weight is 280 g/mol. The van der Waals surface area contributed by atoms with E-state index in [0.717, 1.165) is 10.6 Å². The van der Waals surface area contributed by atoms with Crippen LogP contribution in [0.25, 0.3) is 0 Å². The van der Waals surface area contributed by atoms with Crippen LogP contribution in [0.15, 0.2) is 6.20 Å². The van der Waals surface area contributed by atoms with Crippen molar-refractivity contribution in [2.75, 3.05) is 5.32 Å². The monoisotopic (exact) mass is 280 g/mol. The lowest BCUT2D eigenvalue weighted by Crippen LogP contribution is -2.15. The summed E-state index contributed by atoms with van der Waals surface area (Å²) in [6, 6.07) is 0. The van der Waals surface area contributed by atoms with Gasteiger partial charge in [-0.2, -0.15) is 5.10 Å². The Hall–Kier alpha value is -2.22. The molecule has 2 N–H and O–H groups in total. The highest BCUT2D eigenvalue weighted by Crippen LogP contribution is 2.22. The van der Waals surface area contributed by atoms with E-state index in [1.807, 2.05) is 13.8 Å². The van der Waals surface area contributed by atoms with Gasteiger partial charge in [-0.15, -0.1) is 11.3 Å². The molecule has 0 fully saturated rings. The van der Waals surface area contributed by atoms with Crippen molar-refractivity contribution in [3.8, 4) is 0 Å². The third-order valence-electron chi connectivity index (χ3n) is 2.52. The molecule has 0 unspecified atom stereocenters. The maximum atomic E-state index is 12.0. The number of rotatable bonds is 3. The highest BCUT2D eigenvalue weighted by molar-refractivity contribution is 7.15. The number of carbonyl (C=O) groups is 2. The van der Waals surface area contributed by atoms with Crippen LogP contribution in [0.5, 0.6) is 0 Å². The molecule has 0 bridgehead atoms. The van der Waals surface area contributed by atoms with Crippen LogP contribution in [0, 0.1) is 13.8 Å². The van der Waals surface area contributed by atoms with Gasteiger partial charge in [-0.3, -0.25) is 14.8 Å². The lowest BCUT2D eigenvalue weighted by Gasteiger charge is -1.99. The van der Waals surface area contributed by atoms with Gasteiger partial charge in [0, 0.05) is 18.1 Å². The maximum absolute atomic E-state index is 12.0. The number of anilines is 1. The van der Waals surface area contributed by atoms with Gasteiger partial charge >= 0.3 is 5.97 Å². The van der Waals surface area contributed by atoms with Crippen molar-refractivity contribution >= 4 is 28.3 Å². The van der Waals surface area contributed by atoms with E-state index < -0.39 is 11.9 Å². The molecule has 0 atom stereocenters. The molecule has 0 radical (unpaired) electrons. The molecule has 0 aromatic carbocycles. The third kappa shape index (κ3) is 2.63. The smallest absolute Gasteiger partial charge is 0.357 e. The summed E-state index contributed by atoms with van der Waals surface area (Å²) in [7, 11) is 1.56.